The molecule has 0 radical (unpaired) electrons. The summed E-state index contributed by atoms with van der Waals surface area (Å²) < 4.78 is 5.25. The van der Waals surface area contributed by atoms with Crippen LogP contribution in [0.2, 0.25) is 0 Å². The zero-order valence-electron chi connectivity index (χ0n) is 10.4. The van der Waals surface area contributed by atoms with E-state index >= 15 is 0 Å². The Morgan fingerprint density at radius 2 is 2.00 bits per heavy atom. The Morgan fingerprint density at radius 3 is 2.67 bits per heavy atom. The third-order valence-corrected chi connectivity index (χ3v) is 3.55. The predicted molar refractivity (Wildman–Crippen MR) is 68.1 cm³/mol. The minimum Gasteiger partial charge on any atom is -0.339 e. The summed E-state index contributed by atoms with van der Waals surface area (Å²) in [7, 11) is 0. The molecule has 4 heteroatoms. The van der Waals surface area contributed by atoms with Crippen molar-refractivity contribution < 1.29 is 4.52 Å². The minimum atomic E-state index is -0.219. The summed E-state index contributed by atoms with van der Waals surface area (Å²) in [6, 6.07) is 9.97. The van der Waals surface area contributed by atoms with E-state index in [1.165, 1.54) is 5.56 Å². The lowest BCUT2D eigenvalue weighted by Gasteiger charge is -2.16. The van der Waals surface area contributed by atoms with Crippen molar-refractivity contribution >= 4 is 0 Å². The van der Waals surface area contributed by atoms with E-state index in [0.29, 0.717) is 11.7 Å². The van der Waals surface area contributed by atoms with Gasteiger partial charge in [-0.3, -0.25) is 0 Å². The third kappa shape index (κ3) is 2.16. The Balaban J connectivity index is 1.78. The van der Waals surface area contributed by atoms with Gasteiger partial charge in [0.2, 0.25) is 5.89 Å². The fourth-order valence-corrected chi connectivity index (χ4v) is 2.07. The van der Waals surface area contributed by atoms with E-state index in [0.717, 1.165) is 18.7 Å². The fourth-order valence-electron chi connectivity index (χ4n) is 2.07. The van der Waals surface area contributed by atoms with Crippen LogP contribution < -0.4 is 5.73 Å². The van der Waals surface area contributed by atoms with Gasteiger partial charge in [-0.15, -0.1) is 0 Å². The molecule has 0 bridgehead atoms. The van der Waals surface area contributed by atoms with E-state index in [1.54, 1.807) is 0 Å². The summed E-state index contributed by atoms with van der Waals surface area (Å²) in [5.74, 6) is 2.02. The molecule has 3 rings (SSSR count). The van der Waals surface area contributed by atoms with E-state index in [9.17, 15) is 0 Å². The molecule has 1 aromatic carbocycles. The molecule has 4 nitrogen and oxygen atoms in total. The van der Waals surface area contributed by atoms with Crippen LogP contribution in [0, 0.1) is 0 Å². The summed E-state index contributed by atoms with van der Waals surface area (Å²) in [5, 5.41) is 4.01. The van der Waals surface area contributed by atoms with Gasteiger partial charge in [-0.2, -0.15) is 4.98 Å². The molecule has 1 fully saturated rings. The van der Waals surface area contributed by atoms with Gasteiger partial charge in [0.15, 0.2) is 5.82 Å². The highest BCUT2D eigenvalue weighted by Gasteiger charge is 2.31. The number of hydrogen-bond donors (Lipinski definition) is 1. The van der Waals surface area contributed by atoms with Crippen molar-refractivity contribution in [2.45, 2.75) is 37.6 Å². The molecule has 0 aliphatic heterocycles. The Morgan fingerprint density at radius 1 is 1.28 bits per heavy atom. The molecule has 1 aliphatic carbocycles. The molecule has 18 heavy (non-hydrogen) atoms. The highest BCUT2D eigenvalue weighted by Crippen LogP contribution is 2.39. The molecule has 2 aromatic rings. The van der Waals surface area contributed by atoms with Crippen molar-refractivity contribution in [3.63, 3.8) is 0 Å². The monoisotopic (exact) mass is 243 g/mol. The van der Waals surface area contributed by atoms with Crippen LogP contribution >= 0.6 is 0 Å². The number of hydrogen-bond acceptors (Lipinski definition) is 4. The number of nitrogens with zero attached hydrogens (tertiary/aromatic N) is 2. The number of benzene rings is 1. The topological polar surface area (TPSA) is 64.9 Å². The molecule has 2 unspecified atom stereocenters. The molecule has 0 saturated heterocycles. The van der Waals surface area contributed by atoms with Gasteiger partial charge >= 0.3 is 0 Å². The van der Waals surface area contributed by atoms with Crippen molar-refractivity contribution in [3.8, 4) is 0 Å². The quantitative estimate of drug-likeness (QED) is 0.896. The zero-order valence-corrected chi connectivity index (χ0v) is 10.4. The highest BCUT2D eigenvalue weighted by molar-refractivity contribution is 5.22. The second-order valence-corrected chi connectivity index (χ2v) is 4.99. The number of aromatic nitrogens is 2. The standard InChI is InChI=1S/C14H17N3O/c1-9(10-5-3-2-4-6-10)12(15)13-16-14(18-17-13)11-7-8-11/h2-6,9,11-12H,7-8,15H2,1H3. The molecule has 2 N–H and O–H groups in total. The Kier molecular flexibility index (Phi) is 2.88. The average molecular weight is 243 g/mol. The van der Waals surface area contributed by atoms with Gasteiger partial charge in [-0.25, -0.2) is 0 Å². The third-order valence-electron chi connectivity index (χ3n) is 3.55. The van der Waals surface area contributed by atoms with E-state index in [2.05, 4.69) is 29.2 Å². The molecule has 0 spiro atoms. The zero-order chi connectivity index (χ0) is 12.5. The first-order valence-electron chi connectivity index (χ1n) is 6.39. The predicted octanol–water partition coefficient (Wildman–Crippen LogP) is 2.75. The molecule has 1 aliphatic rings. The van der Waals surface area contributed by atoms with E-state index in [1.807, 2.05) is 18.2 Å². The van der Waals surface area contributed by atoms with Crippen LogP contribution in [0.1, 0.15) is 54.9 Å². The minimum absolute atomic E-state index is 0.177. The van der Waals surface area contributed by atoms with Gasteiger partial charge < -0.3 is 10.3 Å². The first-order valence-corrected chi connectivity index (χ1v) is 6.39. The summed E-state index contributed by atoms with van der Waals surface area (Å²) >= 11 is 0. The van der Waals surface area contributed by atoms with Gasteiger partial charge in [0.25, 0.3) is 0 Å². The normalized spacial score (nSPS) is 18.6. The molecule has 1 saturated carbocycles. The van der Waals surface area contributed by atoms with Gasteiger partial charge in [0.1, 0.15) is 0 Å². The second-order valence-electron chi connectivity index (χ2n) is 4.99. The van der Waals surface area contributed by atoms with Crippen LogP contribution in [0.3, 0.4) is 0 Å². The molecule has 1 heterocycles. The summed E-state index contributed by atoms with van der Waals surface area (Å²) in [5.41, 5.74) is 7.42. The smallest absolute Gasteiger partial charge is 0.229 e. The average Bonchev–Trinajstić information content (AvgIpc) is 3.16. The lowest BCUT2D eigenvalue weighted by Crippen LogP contribution is -2.19. The maximum absolute atomic E-state index is 6.22. The Hall–Kier alpha value is -1.68. The first kappa shape index (κ1) is 11.4. The summed E-state index contributed by atoms with van der Waals surface area (Å²) in [6.45, 7) is 2.09. The van der Waals surface area contributed by atoms with E-state index in [4.69, 9.17) is 10.3 Å². The van der Waals surface area contributed by atoms with Crippen molar-refractivity contribution in [2.24, 2.45) is 5.73 Å². The van der Waals surface area contributed by atoms with Crippen molar-refractivity contribution in [1.82, 2.24) is 10.1 Å². The Bertz CT molecular complexity index is 519. The van der Waals surface area contributed by atoms with Gasteiger partial charge in [0.05, 0.1) is 6.04 Å². The van der Waals surface area contributed by atoms with Crippen molar-refractivity contribution in [1.29, 1.82) is 0 Å². The van der Waals surface area contributed by atoms with Crippen LogP contribution in [0.4, 0.5) is 0 Å². The molecule has 94 valence electrons. The maximum Gasteiger partial charge on any atom is 0.229 e. The molecular formula is C14H17N3O. The molecule has 0 amide bonds. The maximum atomic E-state index is 6.22. The first-order chi connectivity index (χ1) is 8.75. The van der Waals surface area contributed by atoms with Crippen molar-refractivity contribution in [3.05, 3.63) is 47.6 Å². The van der Waals surface area contributed by atoms with Crippen LogP contribution in [-0.2, 0) is 0 Å². The van der Waals surface area contributed by atoms with Gasteiger partial charge in [-0.05, 0) is 18.4 Å². The molecule has 2 atom stereocenters. The van der Waals surface area contributed by atoms with Crippen LogP contribution in [0.25, 0.3) is 0 Å². The van der Waals surface area contributed by atoms with E-state index < -0.39 is 0 Å². The second kappa shape index (κ2) is 4.53. The highest BCUT2D eigenvalue weighted by atomic mass is 16.5. The summed E-state index contributed by atoms with van der Waals surface area (Å²) in [6.07, 6.45) is 2.32. The van der Waals surface area contributed by atoms with Crippen LogP contribution in [-0.4, -0.2) is 10.1 Å². The number of nitrogens with two attached hydrogens (primary N) is 1. The lowest BCUT2D eigenvalue weighted by atomic mass is 9.93. The van der Waals surface area contributed by atoms with Crippen LogP contribution in [0.5, 0.6) is 0 Å². The van der Waals surface area contributed by atoms with Crippen LogP contribution in [0.15, 0.2) is 34.9 Å². The molecular weight excluding hydrogens is 226 g/mol. The van der Waals surface area contributed by atoms with E-state index in [-0.39, 0.29) is 12.0 Å². The van der Waals surface area contributed by atoms with Crippen molar-refractivity contribution in [2.75, 3.05) is 0 Å². The SMILES string of the molecule is CC(c1ccccc1)C(N)c1noc(C2CC2)n1. The van der Waals surface area contributed by atoms with Gasteiger partial charge in [0, 0.05) is 11.8 Å². The Labute approximate surface area is 106 Å². The summed E-state index contributed by atoms with van der Waals surface area (Å²) in [4.78, 5) is 4.42. The van der Waals surface area contributed by atoms with Gasteiger partial charge in [-0.1, -0.05) is 42.4 Å². The number of rotatable bonds is 4. The molecule has 1 aromatic heterocycles. The lowest BCUT2D eigenvalue weighted by molar-refractivity contribution is 0.368. The largest absolute Gasteiger partial charge is 0.339 e. The fraction of sp³-hybridized carbons (Fsp3) is 0.429.